The van der Waals surface area contributed by atoms with E-state index in [2.05, 4.69) is 46.5 Å². The van der Waals surface area contributed by atoms with Gasteiger partial charge in [0.2, 0.25) is 0 Å². The van der Waals surface area contributed by atoms with Crippen molar-refractivity contribution in [3.05, 3.63) is 47.7 Å². The third kappa shape index (κ3) is 4.29. The minimum atomic E-state index is -4.13. The van der Waals surface area contributed by atoms with Crippen LogP contribution in [0.3, 0.4) is 0 Å². The van der Waals surface area contributed by atoms with E-state index in [0.29, 0.717) is 11.5 Å². The molecule has 2 aliphatic rings. The van der Waals surface area contributed by atoms with Gasteiger partial charge in [0, 0.05) is 23.7 Å². The van der Waals surface area contributed by atoms with Gasteiger partial charge in [-0.2, -0.15) is 18.0 Å². The molecule has 5 N–H and O–H groups in total. The topological polar surface area (TPSA) is 152 Å². The summed E-state index contributed by atoms with van der Waals surface area (Å²) in [6, 6.07) is 9.59. The van der Waals surface area contributed by atoms with Crippen molar-refractivity contribution < 1.29 is 22.8 Å². The predicted octanol–water partition coefficient (Wildman–Crippen LogP) is 1.36. The Labute approximate surface area is 198 Å². The molecule has 3 aromatic rings. The first kappa shape index (κ1) is 23.2. The van der Waals surface area contributed by atoms with Gasteiger partial charge in [-0.3, -0.25) is 4.18 Å². The first-order valence-corrected chi connectivity index (χ1v) is 12.8. The van der Waals surface area contributed by atoms with Gasteiger partial charge in [-0.05, 0) is 47.9 Å². The SMILES string of the molecule is CC1(C)CCc2ccc(-c3cc4nccc(N[C@@H]5C[C@H](COS(N)(=O)=O)[C@@H](O)[C@H]5O)n4n3)cc21. The summed E-state index contributed by atoms with van der Waals surface area (Å²) in [5.74, 6) is 0.00751. The second-order valence-corrected chi connectivity index (χ2v) is 11.1. The van der Waals surface area contributed by atoms with Crippen LogP contribution >= 0.6 is 0 Å². The van der Waals surface area contributed by atoms with Gasteiger partial charge in [0.05, 0.1) is 24.4 Å². The lowest BCUT2D eigenvalue weighted by Crippen LogP contribution is -2.36. The Morgan fingerprint density at radius 1 is 1.24 bits per heavy atom. The van der Waals surface area contributed by atoms with Crippen LogP contribution in [0, 0.1) is 5.92 Å². The van der Waals surface area contributed by atoms with Crippen molar-refractivity contribution in [3.8, 4) is 11.3 Å². The minimum Gasteiger partial charge on any atom is -0.390 e. The zero-order valence-electron chi connectivity index (χ0n) is 19.0. The largest absolute Gasteiger partial charge is 0.390 e. The number of aromatic nitrogens is 3. The van der Waals surface area contributed by atoms with Crippen LogP contribution in [0.15, 0.2) is 36.5 Å². The molecule has 11 heteroatoms. The van der Waals surface area contributed by atoms with Crippen molar-refractivity contribution in [1.82, 2.24) is 14.6 Å². The number of hydrogen-bond acceptors (Lipinski definition) is 8. The molecule has 1 fully saturated rings. The molecule has 4 atom stereocenters. The lowest BCUT2D eigenvalue weighted by Gasteiger charge is -2.19. The van der Waals surface area contributed by atoms with E-state index in [9.17, 15) is 18.6 Å². The van der Waals surface area contributed by atoms with Crippen molar-refractivity contribution in [2.24, 2.45) is 11.1 Å². The number of hydrogen-bond donors (Lipinski definition) is 4. The Morgan fingerprint density at radius 2 is 2.03 bits per heavy atom. The van der Waals surface area contributed by atoms with E-state index in [1.165, 1.54) is 11.1 Å². The number of aliphatic hydroxyl groups is 2. The molecular weight excluding hydrogens is 458 g/mol. The Bertz CT molecular complexity index is 1340. The number of aryl methyl sites for hydroxylation is 1. The predicted molar refractivity (Wildman–Crippen MR) is 126 cm³/mol. The quantitative estimate of drug-likeness (QED) is 0.407. The maximum atomic E-state index is 11.1. The van der Waals surface area contributed by atoms with Crippen LogP contribution in [-0.2, 0) is 26.3 Å². The van der Waals surface area contributed by atoms with Gasteiger partial charge in [0.25, 0.3) is 0 Å². The number of nitrogens with zero attached hydrogens (tertiary/aromatic N) is 3. The minimum absolute atomic E-state index is 0.137. The first-order chi connectivity index (χ1) is 16.0. The van der Waals surface area contributed by atoms with Gasteiger partial charge >= 0.3 is 10.3 Å². The molecule has 0 radical (unpaired) electrons. The third-order valence-electron chi connectivity index (χ3n) is 7.09. The molecule has 0 unspecified atom stereocenters. The third-order valence-corrected chi connectivity index (χ3v) is 7.56. The van der Waals surface area contributed by atoms with Crippen LogP contribution < -0.4 is 10.5 Å². The van der Waals surface area contributed by atoms with Crippen LogP contribution in [0.4, 0.5) is 5.82 Å². The fourth-order valence-electron chi connectivity index (χ4n) is 5.12. The normalized spacial score (nSPS) is 26.1. The fraction of sp³-hybridized carbons (Fsp3) is 0.478. The molecule has 5 rings (SSSR count). The van der Waals surface area contributed by atoms with Gasteiger partial charge in [-0.25, -0.2) is 10.1 Å². The second kappa shape index (κ2) is 8.28. The summed E-state index contributed by atoms with van der Waals surface area (Å²) < 4.78 is 28.5. The summed E-state index contributed by atoms with van der Waals surface area (Å²) in [6.45, 7) is 4.22. The average molecular weight is 488 g/mol. The van der Waals surface area contributed by atoms with E-state index in [1.54, 1.807) is 16.8 Å². The monoisotopic (exact) mass is 487 g/mol. The summed E-state index contributed by atoms with van der Waals surface area (Å²) in [7, 11) is -4.13. The molecular formula is C23H29N5O5S. The van der Waals surface area contributed by atoms with Gasteiger partial charge < -0.3 is 15.5 Å². The maximum Gasteiger partial charge on any atom is 0.333 e. The zero-order valence-corrected chi connectivity index (χ0v) is 19.9. The number of nitrogens with two attached hydrogens (primary N) is 1. The van der Waals surface area contributed by atoms with Crippen LogP contribution in [0.1, 0.15) is 37.8 Å². The van der Waals surface area contributed by atoms with Gasteiger partial charge in [-0.1, -0.05) is 26.0 Å². The smallest absolute Gasteiger partial charge is 0.333 e. The van der Waals surface area contributed by atoms with E-state index in [1.807, 2.05) is 6.07 Å². The summed E-state index contributed by atoms with van der Waals surface area (Å²) in [4.78, 5) is 4.42. The molecule has 2 heterocycles. The molecule has 2 aliphatic carbocycles. The molecule has 0 amide bonds. The Kier molecular flexibility index (Phi) is 5.64. The highest BCUT2D eigenvalue weighted by molar-refractivity contribution is 7.84. The summed E-state index contributed by atoms with van der Waals surface area (Å²) in [5.41, 5.74) is 5.32. The van der Waals surface area contributed by atoms with Crippen molar-refractivity contribution >= 4 is 21.8 Å². The van der Waals surface area contributed by atoms with Crippen molar-refractivity contribution in [2.75, 3.05) is 11.9 Å². The van der Waals surface area contributed by atoms with E-state index >= 15 is 0 Å². The molecule has 10 nitrogen and oxygen atoms in total. The Balaban J connectivity index is 1.40. The highest BCUT2D eigenvalue weighted by Gasteiger charge is 2.42. The van der Waals surface area contributed by atoms with Crippen LogP contribution in [0.5, 0.6) is 0 Å². The van der Waals surface area contributed by atoms with E-state index in [0.717, 1.165) is 24.1 Å². The molecule has 1 aromatic carbocycles. The summed E-state index contributed by atoms with van der Waals surface area (Å²) in [5, 5.41) is 33.7. The zero-order chi connectivity index (χ0) is 24.3. The highest BCUT2D eigenvalue weighted by atomic mass is 32.2. The van der Waals surface area contributed by atoms with Crippen molar-refractivity contribution in [2.45, 2.75) is 56.8 Å². The van der Waals surface area contributed by atoms with E-state index in [-0.39, 0.29) is 18.4 Å². The number of nitrogens with one attached hydrogen (secondary N) is 1. The summed E-state index contributed by atoms with van der Waals surface area (Å²) >= 11 is 0. The van der Waals surface area contributed by atoms with Crippen LogP contribution in [0.2, 0.25) is 0 Å². The lowest BCUT2D eigenvalue weighted by atomic mass is 9.85. The average Bonchev–Trinajstić information content (AvgIpc) is 3.42. The molecule has 0 aliphatic heterocycles. The molecule has 34 heavy (non-hydrogen) atoms. The van der Waals surface area contributed by atoms with E-state index < -0.39 is 34.5 Å². The molecule has 182 valence electrons. The van der Waals surface area contributed by atoms with Crippen molar-refractivity contribution in [3.63, 3.8) is 0 Å². The van der Waals surface area contributed by atoms with Gasteiger partial charge in [0.1, 0.15) is 11.9 Å². The van der Waals surface area contributed by atoms with Gasteiger partial charge in [-0.15, -0.1) is 0 Å². The standard InChI is InChI=1S/C23H29N5O5S/c1-23(2)7-5-13-3-4-14(9-16(13)23)17-11-20-25-8-6-19(28(20)27-17)26-18-10-15(21(29)22(18)30)12-33-34(24,31)32/h3-4,6,8-9,11,15,18,21-22,26,29-30H,5,7,10,12H2,1-2H3,(H2,24,31,32)/t15-,18-,21-,22+/m1/s1. The molecule has 1 saturated carbocycles. The number of benzene rings is 1. The Hall–Kier alpha value is -2.57. The molecule has 0 saturated heterocycles. The van der Waals surface area contributed by atoms with Crippen LogP contribution in [0.25, 0.3) is 16.9 Å². The number of anilines is 1. The number of rotatable bonds is 6. The van der Waals surface area contributed by atoms with E-state index in [4.69, 9.17) is 10.2 Å². The number of fused-ring (bicyclic) bond motifs is 2. The van der Waals surface area contributed by atoms with Crippen LogP contribution in [-0.4, -0.2) is 58.1 Å². The first-order valence-electron chi connectivity index (χ1n) is 11.3. The molecule has 0 bridgehead atoms. The number of aliphatic hydroxyl groups excluding tert-OH is 2. The fourth-order valence-corrected chi connectivity index (χ4v) is 5.48. The Morgan fingerprint density at radius 3 is 2.79 bits per heavy atom. The lowest BCUT2D eigenvalue weighted by molar-refractivity contribution is 0.00777. The van der Waals surface area contributed by atoms with Gasteiger partial charge in [0.15, 0.2) is 5.65 Å². The molecule has 2 aromatic heterocycles. The highest BCUT2D eigenvalue weighted by Crippen LogP contribution is 2.40. The maximum absolute atomic E-state index is 11.1. The summed E-state index contributed by atoms with van der Waals surface area (Å²) in [6.07, 6.45) is 1.88. The second-order valence-electron chi connectivity index (χ2n) is 9.89. The molecule has 0 spiro atoms. The van der Waals surface area contributed by atoms with Crippen molar-refractivity contribution in [1.29, 1.82) is 0 Å².